The van der Waals surface area contributed by atoms with Crippen LogP contribution in [0.3, 0.4) is 0 Å². The van der Waals surface area contributed by atoms with Crippen LogP contribution in [0.2, 0.25) is 0 Å². The summed E-state index contributed by atoms with van der Waals surface area (Å²) in [4.78, 5) is 0.813. The van der Waals surface area contributed by atoms with Gasteiger partial charge in [0.2, 0.25) is 10.0 Å². The number of anilines is 1. The van der Waals surface area contributed by atoms with E-state index >= 15 is 0 Å². The molecule has 0 atom stereocenters. The van der Waals surface area contributed by atoms with Crippen molar-refractivity contribution in [1.29, 1.82) is 0 Å². The topological polar surface area (TPSA) is 95.4 Å². The zero-order valence-corrected chi connectivity index (χ0v) is 11.2. The van der Waals surface area contributed by atoms with Crippen LogP contribution in [0.4, 0.5) is 5.69 Å². The molecule has 1 aromatic rings. The highest BCUT2D eigenvalue weighted by molar-refractivity contribution is 7.99. The minimum Gasteiger partial charge on any atom is -0.398 e. The molecule has 0 aliphatic carbocycles. The Morgan fingerprint density at radius 3 is 2.71 bits per heavy atom. The quantitative estimate of drug-likeness (QED) is 0.460. The van der Waals surface area contributed by atoms with Crippen molar-refractivity contribution in [2.75, 3.05) is 25.2 Å². The fourth-order valence-electron chi connectivity index (χ4n) is 1.20. The molecule has 4 N–H and O–H groups in total. The lowest BCUT2D eigenvalue weighted by Crippen LogP contribution is -2.12. The van der Waals surface area contributed by atoms with E-state index in [0.29, 0.717) is 12.3 Å². The van der Waals surface area contributed by atoms with E-state index in [4.69, 9.17) is 15.6 Å². The Hall–Kier alpha value is -0.760. The van der Waals surface area contributed by atoms with Gasteiger partial charge in [-0.1, -0.05) is 0 Å². The van der Waals surface area contributed by atoms with Crippen LogP contribution in [0.15, 0.2) is 28.0 Å². The van der Waals surface area contributed by atoms with E-state index in [9.17, 15) is 8.42 Å². The Labute approximate surface area is 106 Å². The molecule has 0 fully saturated rings. The zero-order chi connectivity index (χ0) is 12.9. The summed E-state index contributed by atoms with van der Waals surface area (Å²) in [5.74, 6) is 0.812. The lowest BCUT2D eigenvalue weighted by atomic mass is 10.3. The van der Waals surface area contributed by atoms with Crippen LogP contribution in [0.1, 0.15) is 6.42 Å². The number of nitrogens with two attached hydrogens (primary N) is 2. The average molecular weight is 276 g/mol. The van der Waals surface area contributed by atoms with Crippen molar-refractivity contribution in [2.24, 2.45) is 5.14 Å². The molecule has 0 spiro atoms. The lowest BCUT2D eigenvalue weighted by molar-refractivity contribution is 0.200. The maximum Gasteiger partial charge on any atom is 0.238 e. The first-order valence-electron chi connectivity index (χ1n) is 4.99. The van der Waals surface area contributed by atoms with Gasteiger partial charge in [0.15, 0.2) is 0 Å². The highest BCUT2D eigenvalue weighted by atomic mass is 32.2. The van der Waals surface area contributed by atoms with Gasteiger partial charge in [0, 0.05) is 30.1 Å². The highest BCUT2D eigenvalue weighted by Crippen LogP contribution is 2.27. The molecule has 0 bridgehead atoms. The molecule has 96 valence electrons. The van der Waals surface area contributed by atoms with Gasteiger partial charge in [0.25, 0.3) is 0 Å². The fourth-order valence-corrected chi connectivity index (χ4v) is 2.74. The Kier molecular flexibility index (Phi) is 5.26. The predicted molar refractivity (Wildman–Crippen MR) is 69.4 cm³/mol. The first-order valence-corrected chi connectivity index (χ1v) is 7.52. The molecule has 0 aliphatic heterocycles. The van der Waals surface area contributed by atoms with Crippen LogP contribution in [0, 0.1) is 0 Å². The van der Waals surface area contributed by atoms with E-state index < -0.39 is 10.0 Å². The highest BCUT2D eigenvalue weighted by Gasteiger charge is 2.10. The summed E-state index contributed by atoms with van der Waals surface area (Å²) in [5.41, 5.74) is 6.32. The number of ether oxygens (including phenoxy) is 1. The molecule has 0 amide bonds. The molecule has 1 aromatic carbocycles. The van der Waals surface area contributed by atoms with Crippen LogP contribution in [0.5, 0.6) is 0 Å². The molecule has 7 heteroatoms. The molecule has 17 heavy (non-hydrogen) atoms. The molecule has 0 saturated carbocycles. The summed E-state index contributed by atoms with van der Waals surface area (Å²) in [5, 5.41) is 5.05. The number of nitrogen functional groups attached to an aromatic ring is 1. The monoisotopic (exact) mass is 276 g/mol. The van der Waals surface area contributed by atoms with Crippen molar-refractivity contribution in [2.45, 2.75) is 16.2 Å². The number of hydrogen-bond acceptors (Lipinski definition) is 5. The summed E-state index contributed by atoms with van der Waals surface area (Å²) in [7, 11) is -2.03. The van der Waals surface area contributed by atoms with E-state index in [0.717, 1.165) is 17.1 Å². The Morgan fingerprint density at radius 1 is 1.41 bits per heavy atom. The average Bonchev–Trinajstić information content (AvgIpc) is 2.25. The van der Waals surface area contributed by atoms with Gasteiger partial charge in [0.05, 0.1) is 4.90 Å². The lowest BCUT2D eigenvalue weighted by Gasteiger charge is -2.07. The molecule has 0 unspecified atom stereocenters. The molecular formula is C10H16N2O3S2. The summed E-state index contributed by atoms with van der Waals surface area (Å²) in [6, 6.07) is 4.46. The van der Waals surface area contributed by atoms with Crippen molar-refractivity contribution < 1.29 is 13.2 Å². The smallest absolute Gasteiger partial charge is 0.238 e. The Balaban J connectivity index is 2.77. The Morgan fingerprint density at radius 2 is 2.12 bits per heavy atom. The second-order valence-corrected chi connectivity index (χ2v) is 6.14. The minimum absolute atomic E-state index is 0.0842. The van der Waals surface area contributed by atoms with Crippen molar-refractivity contribution in [3.8, 4) is 0 Å². The minimum atomic E-state index is -3.67. The summed E-state index contributed by atoms with van der Waals surface area (Å²) in [6.07, 6.45) is 0.875. The third kappa shape index (κ3) is 4.55. The van der Waals surface area contributed by atoms with Crippen LogP contribution in [-0.4, -0.2) is 27.9 Å². The number of methoxy groups -OCH3 is 1. The van der Waals surface area contributed by atoms with E-state index in [-0.39, 0.29) is 4.90 Å². The zero-order valence-electron chi connectivity index (χ0n) is 9.55. The van der Waals surface area contributed by atoms with Gasteiger partial charge < -0.3 is 10.5 Å². The van der Waals surface area contributed by atoms with Gasteiger partial charge in [0.1, 0.15) is 0 Å². The normalized spacial score (nSPS) is 11.6. The standard InChI is InChI=1S/C10H16N2O3S2/c1-15-5-2-6-16-10-7-8(17(12,13)14)3-4-9(10)11/h3-4,7H,2,5-6,11H2,1H3,(H2,12,13,14). The van der Waals surface area contributed by atoms with Crippen LogP contribution in [0.25, 0.3) is 0 Å². The van der Waals surface area contributed by atoms with Gasteiger partial charge in [-0.3, -0.25) is 0 Å². The van der Waals surface area contributed by atoms with E-state index in [1.54, 1.807) is 13.2 Å². The molecule has 0 radical (unpaired) electrons. The first kappa shape index (κ1) is 14.3. The summed E-state index contributed by atoms with van der Waals surface area (Å²) >= 11 is 1.49. The van der Waals surface area contributed by atoms with Gasteiger partial charge in [-0.15, -0.1) is 11.8 Å². The molecule has 0 aromatic heterocycles. The molecule has 1 rings (SSSR count). The largest absolute Gasteiger partial charge is 0.398 e. The maximum atomic E-state index is 11.2. The second-order valence-electron chi connectivity index (χ2n) is 3.44. The number of sulfonamides is 1. The summed E-state index contributed by atoms with van der Waals surface area (Å²) < 4.78 is 27.3. The fraction of sp³-hybridized carbons (Fsp3) is 0.400. The van der Waals surface area contributed by atoms with Gasteiger partial charge in [-0.05, 0) is 24.6 Å². The number of rotatable bonds is 6. The molecule has 0 saturated heterocycles. The van der Waals surface area contributed by atoms with E-state index in [1.165, 1.54) is 23.9 Å². The number of primary sulfonamides is 1. The van der Waals surface area contributed by atoms with Gasteiger partial charge in [-0.2, -0.15) is 0 Å². The van der Waals surface area contributed by atoms with Crippen LogP contribution < -0.4 is 10.9 Å². The maximum absolute atomic E-state index is 11.2. The van der Waals surface area contributed by atoms with Crippen LogP contribution in [-0.2, 0) is 14.8 Å². The Bertz CT molecular complexity index is 474. The van der Waals surface area contributed by atoms with E-state index in [2.05, 4.69) is 0 Å². The molecule has 5 nitrogen and oxygen atoms in total. The molecular weight excluding hydrogens is 260 g/mol. The number of hydrogen-bond donors (Lipinski definition) is 2. The SMILES string of the molecule is COCCCSc1cc(S(N)(=O)=O)ccc1N. The van der Waals surface area contributed by atoms with Crippen LogP contribution >= 0.6 is 11.8 Å². The number of benzene rings is 1. The van der Waals surface area contributed by atoms with Gasteiger partial charge in [-0.25, -0.2) is 13.6 Å². The number of thioether (sulfide) groups is 1. The predicted octanol–water partition coefficient (Wildman–Crippen LogP) is 1.04. The van der Waals surface area contributed by atoms with Crippen molar-refractivity contribution in [1.82, 2.24) is 0 Å². The van der Waals surface area contributed by atoms with E-state index in [1.807, 2.05) is 0 Å². The second kappa shape index (κ2) is 6.25. The molecule has 0 aliphatic rings. The third-order valence-electron chi connectivity index (χ3n) is 2.06. The van der Waals surface area contributed by atoms with Gasteiger partial charge >= 0.3 is 0 Å². The van der Waals surface area contributed by atoms with Crippen molar-refractivity contribution in [3.63, 3.8) is 0 Å². The summed E-state index contributed by atoms with van der Waals surface area (Å²) in [6.45, 7) is 0.668. The third-order valence-corrected chi connectivity index (χ3v) is 4.13. The molecule has 0 heterocycles. The van der Waals surface area contributed by atoms with Crippen molar-refractivity contribution >= 4 is 27.5 Å². The first-order chi connectivity index (χ1) is 7.95. The van der Waals surface area contributed by atoms with Crippen molar-refractivity contribution in [3.05, 3.63) is 18.2 Å².